The van der Waals surface area contributed by atoms with Gasteiger partial charge in [0.05, 0.1) is 13.0 Å². The molecule has 0 spiro atoms. The number of amides is 1. The van der Waals surface area contributed by atoms with Gasteiger partial charge >= 0.3 is 5.97 Å². The zero-order chi connectivity index (χ0) is 29.7. The molecular formula is C35H33NO6. The Kier molecular flexibility index (Phi) is 8.38. The van der Waals surface area contributed by atoms with Crippen LogP contribution in [0.2, 0.25) is 0 Å². The van der Waals surface area contributed by atoms with Crippen molar-refractivity contribution in [3.8, 4) is 17.2 Å². The van der Waals surface area contributed by atoms with Gasteiger partial charge in [0.15, 0.2) is 12.4 Å². The minimum atomic E-state index is -0.643. The van der Waals surface area contributed by atoms with Gasteiger partial charge in [-0.25, -0.2) is 0 Å². The summed E-state index contributed by atoms with van der Waals surface area (Å²) in [4.78, 5) is 39.3. The number of carbonyl (C=O) groups is 3. The van der Waals surface area contributed by atoms with E-state index in [0.717, 1.165) is 0 Å². The lowest BCUT2D eigenvalue weighted by Gasteiger charge is -2.26. The van der Waals surface area contributed by atoms with Crippen LogP contribution < -0.4 is 14.4 Å². The second kappa shape index (κ2) is 12.3. The summed E-state index contributed by atoms with van der Waals surface area (Å²) in [6.07, 6.45) is 0.0273. The second-order valence-electron chi connectivity index (χ2n) is 10.8. The van der Waals surface area contributed by atoms with E-state index in [1.165, 1.54) is 11.1 Å². The molecule has 0 aliphatic carbocycles. The molecule has 0 radical (unpaired) electrons. The molecule has 1 atom stereocenters. The maximum atomic E-state index is 12.7. The van der Waals surface area contributed by atoms with E-state index in [0.29, 0.717) is 28.5 Å². The van der Waals surface area contributed by atoms with Crippen LogP contribution in [0.25, 0.3) is 0 Å². The third-order valence-corrected chi connectivity index (χ3v) is 7.67. The fourth-order valence-electron chi connectivity index (χ4n) is 5.02. The fourth-order valence-corrected chi connectivity index (χ4v) is 5.02. The van der Waals surface area contributed by atoms with Gasteiger partial charge in [-0.2, -0.15) is 0 Å². The Morgan fingerprint density at radius 2 is 1.36 bits per heavy atom. The number of methoxy groups -OCH3 is 1. The number of ketones is 1. The van der Waals surface area contributed by atoms with E-state index in [1.54, 1.807) is 60.5 Å². The van der Waals surface area contributed by atoms with Gasteiger partial charge in [-0.05, 0) is 71.8 Å². The van der Waals surface area contributed by atoms with Crippen LogP contribution in [-0.2, 0) is 19.7 Å². The fraction of sp³-hybridized carbons (Fsp3) is 0.229. The molecule has 0 saturated carbocycles. The van der Waals surface area contributed by atoms with Crippen molar-refractivity contribution in [1.82, 2.24) is 0 Å². The summed E-state index contributed by atoms with van der Waals surface area (Å²) in [5.74, 6) is 0.265. The lowest BCUT2D eigenvalue weighted by molar-refractivity contribution is -0.147. The van der Waals surface area contributed by atoms with Crippen molar-refractivity contribution >= 4 is 23.3 Å². The number of esters is 1. The summed E-state index contributed by atoms with van der Waals surface area (Å²) in [5, 5.41) is 0. The molecule has 0 unspecified atom stereocenters. The monoisotopic (exact) mass is 563 g/mol. The van der Waals surface area contributed by atoms with Crippen LogP contribution in [0.5, 0.6) is 17.2 Å². The molecule has 1 heterocycles. The van der Waals surface area contributed by atoms with E-state index < -0.39 is 11.9 Å². The third kappa shape index (κ3) is 6.36. The number of rotatable bonds is 10. The van der Waals surface area contributed by atoms with Gasteiger partial charge in [0, 0.05) is 29.6 Å². The predicted molar refractivity (Wildman–Crippen MR) is 160 cm³/mol. The Morgan fingerprint density at radius 3 is 1.98 bits per heavy atom. The highest BCUT2D eigenvalue weighted by Crippen LogP contribution is 2.34. The minimum absolute atomic E-state index is 0.0273. The number of hydrogen-bond donors (Lipinski definition) is 0. The second-order valence-corrected chi connectivity index (χ2v) is 10.8. The molecule has 7 nitrogen and oxygen atoms in total. The Bertz CT molecular complexity index is 1540. The van der Waals surface area contributed by atoms with Crippen LogP contribution in [0, 0.1) is 5.92 Å². The average molecular weight is 564 g/mol. The Morgan fingerprint density at radius 1 is 0.786 bits per heavy atom. The highest BCUT2D eigenvalue weighted by Gasteiger charge is 2.36. The lowest BCUT2D eigenvalue weighted by atomic mass is 9.78. The first-order valence-electron chi connectivity index (χ1n) is 13.8. The molecule has 5 rings (SSSR count). The molecule has 1 aliphatic rings. The third-order valence-electron chi connectivity index (χ3n) is 7.67. The summed E-state index contributed by atoms with van der Waals surface area (Å²) < 4.78 is 16.4. The van der Waals surface area contributed by atoms with E-state index in [2.05, 4.69) is 38.1 Å². The summed E-state index contributed by atoms with van der Waals surface area (Å²) in [6.45, 7) is 4.20. The van der Waals surface area contributed by atoms with Gasteiger partial charge in [-0.15, -0.1) is 0 Å². The highest BCUT2D eigenvalue weighted by molar-refractivity contribution is 6.01. The van der Waals surface area contributed by atoms with E-state index in [1.807, 2.05) is 30.3 Å². The largest absolute Gasteiger partial charge is 0.497 e. The molecule has 4 aromatic rings. The van der Waals surface area contributed by atoms with Gasteiger partial charge in [0.25, 0.3) is 0 Å². The lowest BCUT2D eigenvalue weighted by Crippen LogP contribution is -2.27. The van der Waals surface area contributed by atoms with Gasteiger partial charge in [0.1, 0.15) is 17.2 Å². The van der Waals surface area contributed by atoms with Crippen LogP contribution in [0.3, 0.4) is 0 Å². The topological polar surface area (TPSA) is 82.1 Å². The summed E-state index contributed by atoms with van der Waals surface area (Å²) in [7, 11) is 1.54. The Labute approximate surface area is 245 Å². The first-order chi connectivity index (χ1) is 20.2. The maximum absolute atomic E-state index is 12.7. The predicted octanol–water partition coefficient (Wildman–Crippen LogP) is 6.59. The van der Waals surface area contributed by atoms with Gasteiger partial charge < -0.3 is 19.1 Å². The van der Waals surface area contributed by atoms with Crippen molar-refractivity contribution in [2.75, 3.05) is 25.2 Å². The summed E-state index contributed by atoms with van der Waals surface area (Å²) >= 11 is 0. The molecule has 1 amide bonds. The molecule has 0 bridgehead atoms. The first-order valence-corrected chi connectivity index (χ1v) is 13.8. The number of nitrogens with zero attached hydrogens (tertiary/aromatic N) is 1. The van der Waals surface area contributed by atoms with E-state index in [-0.39, 0.29) is 36.7 Å². The molecule has 1 aliphatic heterocycles. The average Bonchev–Trinajstić information content (AvgIpc) is 3.42. The van der Waals surface area contributed by atoms with Crippen LogP contribution in [0.4, 0.5) is 5.69 Å². The van der Waals surface area contributed by atoms with Crippen LogP contribution in [-0.4, -0.2) is 37.9 Å². The zero-order valence-corrected chi connectivity index (χ0v) is 23.9. The van der Waals surface area contributed by atoms with Gasteiger partial charge in [-0.1, -0.05) is 56.3 Å². The molecule has 1 saturated heterocycles. The Balaban J connectivity index is 1.15. The zero-order valence-electron chi connectivity index (χ0n) is 23.9. The number of carbonyl (C=O) groups excluding carboxylic acids is 3. The Hall–Kier alpha value is -4.91. The quantitative estimate of drug-likeness (QED) is 0.160. The molecule has 42 heavy (non-hydrogen) atoms. The number of Topliss-reactive ketones (excluding diaryl/α,β-unsaturated/α-hetero) is 1. The normalized spacial score (nSPS) is 14.9. The molecule has 214 valence electrons. The van der Waals surface area contributed by atoms with Crippen molar-refractivity contribution in [1.29, 1.82) is 0 Å². The summed E-state index contributed by atoms with van der Waals surface area (Å²) in [6, 6.07) is 32.2. The van der Waals surface area contributed by atoms with Crippen molar-refractivity contribution in [3.63, 3.8) is 0 Å². The molecule has 1 fully saturated rings. The minimum Gasteiger partial charge on any atom is -0.497 e. The SMILES string of the molecule is COc1ccc(C(=O)COC(=O)[C@@H]2CC(=O)N(c3ccc(Oc4ccc(C(C)(C)c5ccccc5)cc4)cc3)C2)cc1. The number of anilines is 1. The van der Waals surface area contributed by atoms with Crippen molar-refractivity contribution in [3.05, 3.63) is 120 Å². The number of benzene rings is 4. The maximum Gasteiger partial charge on any atom is 0.311 e. The van der Waals surface area contributed by atoms with Crippen LogP contribution >= 0.6 is 0 Å². The van der Waals surface area contributed by atoms with Gasteiger partial charge in [0.2, 0.25) is 5.91 Å². The van der Waals surface area contributed by atoms with Gasteiger partial charge in [-0.3, -0.25) is 14.4 Å². The van der Waals surface area contributed by atoms with Crippen molar-refractivity contribution in [2.45, 2.75) is 25.7 Å². The van der Waals surface area contributed by atoms with E-state index in [9.17, 15) is 14.4 Å². The number of hydrogen-bond acceptors (Lipinski definition) is 6. The van der Waals surface area contributed by atoms with E-state index in [4.69, 9.17) is 14.2 Å². The van der Waals surface area contributed by atoms with Crippen molar-refractivity contribution in [2.24, 2.45) is 5.92 Å². The smallest absolute Gasteiger partial charge is 0.311 e. The number of ether oxygens (including phenoxy) is 3. The van der Waals surface area contributed by atoms with Crippen LogP contribution in [0.1, 0.15) is 41.8 Å². The van der Waals surface area contributed by atoms with Crippen molar-refractivity contribution < 1.29 is 28.6 Å². The van der Waals surface area contributed by atoms with Crippen LogP contribution in [0.15, 0.2) is 103 Å². The first kappa shape index (κ1) is 28.6. The molecule has 0 N–H and O–H groups in total. The molecule has 4 aromatic carbocycles. The summed E-state index contributed by atoms with van der Waals surface area (Å²) in [5.41, 5.74) is 3.37. The van der Waals surface area contributed by atoms with E-state index >= 15 is 0 Å². The highest BCUT2D eigenvalue weighted by atomic mass is 16.5. The standard InChI is InChI=1S/C35H33NO6/c1-35(2,26-7-5-4-6-8-26)27-11-17-30(18-12-27)42-31-19-13-28(14-20-31)36-22-25(21-33(36)38)34(39)41-23-32(37)24-9-15-29(40-3)16-10-24/h4-20,25H,21-23H2,1-3H3/t25-/m1/s1. The molecule has 0 aromatic heterocycles. The molecular weight excluding hydrogens is 530 g/mol. The molecule has 7 heteroatoms.